The zero-order valence-electron chi connectivity index (χ0n) is 4.14. The van der Waals surface area contributed by atoms with E-state index in [0.29, 0.717) is 11.6 Å². The maximum Gasteiger partial charge on any atom is 0.322 e. The summed E-state index contributed by atoms with van der Waals surface area (Å²) in [6.45, 7) is 0. The number of carbonyl (C=O) groups is 1. The number of urea groups is 1. The minimum absolute atomic E-state index is 0.663. The van der Waals surface area contributed by atoms with Gasteiger partial charge in [-0.05, 0) is 11.8 Å². The molecule has 8 heteroatoms. The Labute approximate surface area is 66.7 Å². The van der Waals surface area contributed by atoms with Crippen molar-refractivity contribution in [2.75, 3.05) is 0 Å². The highest BCUT2D eigenvalue weighted by Gasteiger charge is 2.06. The summed E-state index contributed by atoms with van der Waals surface area (Å²) in [4.78, 5) is 18.7. The normalized spacial score (nSPS) is 16.2. The fourth-order valence-corrected chi connectivity index (χ4v) is 1.64. The number of hydrogen-bond acceptors (Lipinski definition) is 3. The van der Waals surface area contributed by atoms with Gasteiger partial charge in [-0.3, -0.25) is 4.72 Å². The van der Waals surface area contributed by atoms with Gasteiger partial charge in [-0.15, -0.1) is 12.2 Å². The number of nitrogens with one attached hydrogen (secondary N) is 1. The van der Waals surface area contributed by atoms with Gasteiger partial charge in [-0.2, -0.15) is 0 Å². The van der Waals surface area contributed by atoms with Crippen LogP contribution in [-0.2, 0) is 11.8 Å². The first-order chi connectivity index (χ1) is 3.92. The summed E-state index contributed by atoms with van der Waals surface area (Å²) in [5.41, 5.74) is 4.66. The summed E-state index contributed by atoms with van der Waals surface area (Å²) < 4.78 is -0.627. The molecular formula is CH5N2O2PS3. The summed E-state index contributed by atoms with van der Waals surface area (Å²) >= 11 is 8.69. The van der Waals surface area contributed by atoms with E-state index in [1.807, 2.05) is 0 Å². The molecule has 0 spiro atoms. The van der Waals surface area contributed by atoms with Crippen molar-refractivity contribution in [2.24, 2.45) is 5.73 Å². The van der Waals surface area contributed by atoms with E-state index >= 15 is 0 Å². The van der Waals surface area contributed by atoms with E-state index in [1.165, 1.54) is 0 Å². The molecule has 0 radical (unpaired) electrons. The summed E-state index contributed by atoms with van der Waals surface area (Å²) in [7, 11) is 0. The minimum atomic E-state index is -2.69. The molecular weight excluding hydrogens is 199 g/mol. The van der Waals surface area contributed by atoms with Crippen LogP contribution in [0.2, 0.25) is 0 Å². The second kappa shape index (κ2) is 3.68. The molecule has 0 aliphatic rings. The lowest BCUT2D eigenvalue weighted by molar-refractivity contribution is 0.254. The first-order valence-corrected chi connectivity index (χ1v) is 7.04. The third-order valence-electron chi connectivity index (χ3n) is 0.265. The van der Waals surface area contributed by atoms with E-state index in [1.54, 1.807) is 0 Å². The molecule has 4 N–H and O–H groups in total. The van der Waals surface area contributed by atoms with Crippen molar-refractivity contribution in [3.63, 3.8) is 0 Å². The zero-order valence-corrected chi connectivity index (χ0v) is 7.57. The van der Waals surface area contributed by atoms with Gasteiger partial charge < -0.3 is 10.6 Å². The van der Waals surface area contributed by atoms with Gasteiger partial charge in [-0.1, -0.05) is 0 Å². The third-order valence-corrected chi connectivity index (χ3v) is 3.19. The maximum atomic E-state index is 9.96. The average molecular weight is 204 g/mol. The molecule has 0 aromatic carbocycles. The second-order valence-corrected chi connectivity index (χ2v) is 10.2. The molecule has 0 aliphatic heterocycles. The quantitative estimate of drug-likeness (QED) is 0.299. The summed E-state index contributed by atoms with van der Waals surface area (Å²) in [6, 6.07) is -0.739. The molecule has 1 unspecified atom stereocenters. The van der Waals surface area contributed by atoms with Crippen molar-refractivity contribution < 1.29 is 9.69 Å². The van der Waals surface area contributed by atoms with Crippen LogP contribution < -0.4 is 10.5 Å². The molecule has 0 aromatic rings. The number of amides is 2. The molecule has 0 saturated heterocycles. The molecule has 1 atom stereocenters. The summed E-state index contributed by atoms with van der Waals surface area (Å²) in [5.74, 6) is 0. The van der Waals surface area contributed by atoms with Gasteiger partial charge >= 0.3 is 6.03 Å². The second-order valence-electron chi connectivity index (χ2n) is 1.05. The smallest absolute Gasteiger partial charge is 0.322 e. The Bertz CT molecular complexity index is 154. The van der Waals surface area contributed by atoms with Crippen LogP contribution in [0.25, 0.3) is 0 Å². The molecule has 0 rings (SSSR count). The highest BCUT2D eigenvalue weighted by molar-refractivity contribution is 8.94. The van der Waals surface area contributed by atoms with E-state index < -0.39 is 10.7 Å². The van der Waals surface area contributed by atoms with Crippen LogP contribution in [0, 0.1) is 0 Å². The van der Waals surface area contributed by atoms with Gasteiger partial charge in [0.15, 0.2) is 4.67 Å². The molecule has 0 aliphatic carbocycles. The average Bonchev–Trinajstić information content (AvgIpc) is 1.59. The number of hydrogen-bond donors (Lipinski definition) is 4. The van der Waals surface area contributed by atoms with Gasteiger partial charge in [0, 0.05) is 11.6 Å². The zero-order chi connectivity index (χ0) is 7.49. The SMILES string of the molecule is NC(=O)NSP(O)(=S)S. The molecule has 2 amide bonds. The molecule has 0 aromatic heterocycles. The number of thiol groups is 1. The predicted molar refractivity (Wildman–Crippen MR) is 45.8 cm³/mol. The minimum Gasteiger partial charge on any atom is -0.351 e. The molecule has 0 fully saturated rings. The first kappa shape index (κ1) is 9.58. The highest BCUT2D eigenvalue weighted by Crippen LogP contribution is 2.57. The number of nitrogens with two attached hydrogens (primary N) is 1. The van der Waals surface area contributed by atoms with Crippen LogP contribution in [0.3, 0.4) is 0 Å². The van der Waals surface area contributed by atoms with Crippen molar-refractivity contribution in [3.8, 4) is 0 Å². The van der Waals surface area contributed by atoms with Gasteiger partial charge in [0.1, 0.15) is 0 Å². The fourth-order valence-electron chi connectivity index (χ4n) is 0.104. The Morgan fingerprint density at radius 1 is 2.00 bits per heavy atom. The van der Waals surface area contributed by atoms with Crippen LogP contribution in [-0.4, -0.2) is 10.9 Å². The van der Waals surface area contributed by atoms with Crippen LogP contribution in [0.4, 0.5) is 4.79 Å². The van der Waals surface area contributed by atoms with Crippen molar-refractivity contribution >= 4 is 46.3 Å². The largest absolute Gasteiger partial charge is 0.351 e. The lowest BCUT2D eigenvalue weighted by atomic mass is 11.2. The van der Waals surface area contributed by atoms with E-state index in [0.717, 1.165) is 0 Å². The lowest BCUT2D eigenvalue weighted by Crippen LogP contribution is -2.22. The van der Waals surface area contributed by atoms with Crippen molar-refractivity contribution in [1.29, 1.82) is 0 Å². The molecule has 54 valence electrons. The van der Waals surface area contributed by atoms with Crippen LogP contribution >= 0.6 is 28.5 Å². The van der Waals surface area contributed by atoms with Crippen molar-refractivity contribution in [2.45, 2.75) is 0 Å². The molecule has 0 bridgehead atoms. The molecule has 4 nitrogen and oxygen atoms in total. The van der Waals surface area contributed by atoms with E-state index in [9.17, 15) is 4.79 Å². The van der Waals surface area contributed by atoms with Crippen LogP contribution in [0.1, 0.15) is 0 Å². The number of carbonyl (C=O) groups excluding carboxylic acids is 1. The molecule has 0 heterocycles. The van der Waals surface area contributed by atoms with Crippen LogP contribution in [0.15, 0.2) is 0 Å². The van der Waals surface area contributed by atoms with Gasteiger partial charge in [0.05, 0.1) is 0 Å². The Kier molecular flexibility index (Phi) is 3.91. The molecule has 0 saturated carbocycles. The van der Waals surface area contributed by atoms with Crippen molar-refractivity contribution in [3.05, 3.63) is 0 Å². The Balaban J connectivity index is 3.53. The Hall–Kier alpha value is 0.580. The monoisotopic (exact) mass is 204 g/mol. The van der Waals surface area contributed by atoms with E-state index in [4.69, 9.17) is 4.89 Å². The van der Waals surface area contributed by atoms with Gasteiger partial charge in [-0.25, -0.2) is 4.79 Å². The van der Waals surface area contributed by atoms with E-state index in [-0.39, 0.29) is 0 Å². The standard InChI is InChI=1S/CH5N2O2PS3/c2-1(4)3-9-6(5,7)8/h(H3,2,3,4)(H2,5,7,8). The topological polar surface area (TPSA) is 75.4 Å². The predicted octanol–water partition coefficient (Wildman–Crippen LogP) is 0.450. The highest BCUT2D eigenvalue weighted by atomic mass is 33.2. The first-order valence-electron chi connectivity index (χ1n) is 1.71. The van der Waals surface area contributed by atoms with Gasteiger partial charge in [0.2, 0.25) is 0 Å². The summed E-state index contributed by atoms with van der Waals surface area (Å²) in [6.07, 6.45) is 0. The molecule has 9 heavy (non-hydrogen) atoms. The van der Waals surface area contributed by atoms with Gasteiger partial charge in [0.25, 0.3) is 0 Å². The van der Waals surface area contributed by atoms with Crippen molar-refractivity contribution in [1.82, 2.24) is 4.72 Å². The Morgan fingerprint density at radius 2 is 2.44 bits per heavy atom. The summed E-state index contributed by atoms with van der Waals surface area (Å²) in [5, 5.41) is 0. The Morgan fingerprint density at radius 3 is 2.56 bits per heavy atom. The maximum absolute atomic E-state index is 9.96. The number of rotatable bonds is 2. The van der Waals surface area contributed by atoms with Crippen LogP contribution in [0.5, 0.6) is 0 Å². The van der Waals surface area contributed by atoms with E-state index in [2.05, 4.69) is 34.5 Å². The lowest BCUT2D eigenvalue weighted by Gasteiger charge is -2.04. The number of primary amides is 1. The third kappa shape index (κ3) is 8.58. The fraction of sp³-hybridized carbons (Fsp3) is 0.